The van der Waals surface area contributed by atoms with Gasteiger partial charge in [0, 0.05) is 30.3 Å². The number of amides is 2. The van der Waals surface area contributed by atoms with Gasteiger partial charge in [0.2, 0.25) is 5.91 Å². The third kappa shape index (κ3) is 6.89. The summed E-state index contributed by atoms with van der Waals surface area (Å²) in [6, 6.07) is 12.4. The van der Waals surface area contributed by atoms with Gasteiger partial charge in [-0.25, -0.2) is 9.18 Å². The summed E-state index contributed by atoms with van der Waals surface area (Å²) in [7, 11) is -4.14. The highest BCUT2D eigenvalue weighted by molar-refractivity contribution is 7.50. The number of ether oxygens (including phenoxy) is 1. The van der Waals surface area contributed by atoms with Gasteiger partial charge < -0.3 is 24.7 Å². The van der Waals surface area contributed by atoms with Crippen molar-refractivity contribution in [2.45, 2.75) is 25.6 Å². The summed E-state index contributed by atoms with van der Waals surface area (Å²) in [4.78, 5) is 44.2. The van der Waals surface area contributed by atoms with Gasteiger partial charge in [0.1, 0.15) is 12.4 Å². The first-order valence-electron chi connectivity index (χ1n) is 9.81. The van der Waals surface area contributed by atoms with Crippen molar-refractivity contribution in [3.8, 4) is 0 Å². The number of nitrogens with one attached hydrogen (secondary N) is 1. The average molecular weight is 450 g/mol. The van der Waals surface area contributed by atoms with E-state index in [1.54, 1.807) is 42.5 Å². The largest absolute Gasteiger partial charge is 0.444 e. The van der Waals surface area contributed by atoms with Crippen LogP contribution in [0.5, 0.6) is 0 Å². The Hall–Kier alpha value is -2.74. The molecular formula is C21H24FN2O6P. The van der Waals surface area contributed by atoms with Crippen LogP contribution in [0.1, 0.15) is 24.0 Å². The van der Waals surface area contributed by atoms with Crippen molar-refractivity contribution in [2.24, 2.45) is 5.92 Å². The lowest BCUT2D eigenvalue weighted by Gasteiger charge is -2.30. The predicted molar refractivity (Wildman–Crippen MR) is 112 cm³/mol. The zero-order valence-corrected chi connectivity index (χ0v) is 17.6. The fraction of sp³-hybridized carbons (Fsp3) is 0.333. The van der Waals surface area contributed by atoms with E-state index in [1.807, 2.05) is 0 Å². The molecule has 31 heavy (non-hydrogen) atoms. The van der Waals surface area contributed by atoms with Gasteiger partial charge in [-0.3, -0.25) is 9.36 Å². The normalized spacial score (nSPS) is 14.9. The standard InChI is InChI=1S/C21H24FN2O6P/c22-19-4-2-1-3-17(19)13-30-21(26)24-11-9-16(10-12-24)20(25)23-18-7-5-15(6-8-18)14-31(27,28)29/h1-8,16H,9-14H2,(H,23,25)(H2,27,28,29). The molecule has 3 rings (SSSR count). The molecule has 0 saturated carbocycles. The second-order valence-corrected chi connectivity index (χ2v) is 9.06. The van der Waals surface area contributed by atoms with E-state index >= 15 is 0 Å². The summed E-state index contributed by atoms with van der Waals surface area (Å²) in [6.07, 6.45) is 0.0448. The van der Waals surface area contributed by atoms with E-state index in [4.69, 9.17) is 14.5 Å². The van der Waals surface area contributed by atoms with Crippen LogP contribution in [-0.4, -0.2) is 39.8 Å². The molecule has 0 spiro atoms. The molecule has 3 N–H and O–H groups in total. The Labute approximate surface area is 179 Å². The van der Waals surface area contributed by atoms with Crippen LogP contribution in [0.25, 0.3) is 0 Å². The first kappa shape index (κ1) is 22.9. The fourth-order valence-electron chi connectivity index (χ4n) is 3.35. The third-order valence-corrected chi connectivity index (χ3v) is 5.82. The van der Waals surface area contributed by atoms with Crippen molar-refractivity contribution in [2.75, 3.05) is 18.4 Å². The van der Waals surface area contributed by atoms with Gasteiger partial charge in [-0.15, -0.1) is 0 Å². The van der Waals surface area contributed by atoms with Crippen LogP contribution in [0.2, 0.25) is 0 Å². The number of carbonyl (C=O) groups excluding carboxylic acids is 2. The lowest BCUT2D eigenvalue weighted by atomic mass is 9.96. The second-order valence-electron chi connectivity index (χ2n) is 7.42. The smallest absolute Gasteiger partial charge is 0.410 e. The summed E-state index contributed by atoms with van der Waals surface area (Å²) < 4.78 is 29.8. The zero-order chi connectivity index (χ0) is 22.4. The number of benzene rings is 2. The lowest BCUT2D eigenvalue weighted by Crippen LogP contribution is -2.41. The predicted octanol–water partition coefficient (Wildman–Crippen LogP) is 3.49. The van der Waals surface area contributed by atoms with Gasteiger partial charge in [0.05, 0.1) is 6.16 Å². The number of piperidine rings is 1. The van der Waals surface area contributed by atoms with Crippen LogP contribution in [0.3, 0.4) is 0 Å². The Bertz CT molecular complexity index is 970. The summed E-state index contributed by atoms with van der Waals surface area (Å²) in [6.45, 7) is 0.564. The zero-order valence-electron chi connectivity index (χ0n) is 16.7. The van der Waals surface area contributed by atoms with Crippen LogP contribution in [0, 0.1) is 11.7 Å². The van der Waals surface area contributed by atoms with Crippen LogP contribution >= 0.6 is 7.60 Å². The van der Waals surface area contributed by atoms with E-state index in [2.05, 4.69) is 5.32 Å². The number of halogens is 1. The minimum atomic E-state index is -4.14. The van der Waals surface area contributed by atoms with E-state index in [-0.39, 0.29) is 24.6 Å². The molecule has 0 radical (unpaired) electrons. The number of hydrogen-bond donors (Lipinski definition) is 3. The van der Waals surface area contributed by atoms with Gasteiger partial charge in [-0.05, 0) is 36.6 Å². The highest BCUT2D eigenvalue weighted by atomic mass is 31.2. The van der Waals surface area contributed by atoms with Crippen LogP contribution in [0.15, 0.2) is 48.5 Å². The van der Waals surface area contributed by atoms with Gasteiger partial charge in [-0.1, -0.05) is 30.3 Å². The summed E-state index contributed by atoms with van der Waals surface area (Å²) in [5, 5.41) is 2.79. The van der Waals surface area contributed by atoms with Crippen molar-refractivity contribution >= 4 is 25.3 Å². The molecule has 1 aliphatic rings. The second kappa shape index (κ2) is 10.0. The van der Waals surface area contributed by atoms with Crippen LogP contribution in [-0.2, 0) is 26.9 Å². The number of anilines is 1. The summed E-state index contributed by atoms with van der Waals surface area (Å²) in [5.41, 5.74) is 1.32. The Kier molecular flexibility index (Phi) is 7.43. The Morgan fingerprint density at radius 3 is 2.35 bits per heavy atom. The number of rotatable bonds is 6. The topological polar surface area (TPSA) is 116 Å². The lowest BCUT2D eigenvalue weighted by molar-refractivity contribution is -0.121. The van der Waals surface area contributed by atoms with Crippen molar-refractivity contribution in [3.05, 3.63) is 65.5 Å². The molecule has 2 aromatic carbocycles. The molecule has 1 saturated heterocycles. The fourth-order valence-corrected chi connectivity index (χ4v) is 4.03. The Morgan fingerprint density at radius 1 is 1.10 bits per heavy atom. The first-order chi connectivity index (χ1) is 14.7. The molecule has 0 aliphatic carbocycles. The van der Waals surface area contributed by atoms with Gasteiger partial charge in [-0.2, -0.15) is 0 Å². The van der Waals surface area contributed by atoms with Crippen molar-refractivity contribution in [3.63, 3.8) is 0 Å². The summed E-state index contributed by atoms with van der Waals surface area (Å²) in [5.74, 6) is -0.882. The summed E-state index contributed by atoms with van der Waals surface area (Å²) >= 11 is 0. The first-order valence-corrected chi connectivity index (χ1v) is 11.6. The maximum atomic E-state index is 13.6. The van der Waals surface area contributed by atoms with Crippen molar-refractivity contribution < 1.29 is 33.1 Å². The third-order valence-electron chi connectivity index (χ3n) is 5.04. The molecule has 1 heterocycles. The quantitative estimate of drug-likeness (QED) is 0.581. The van der Waals surface area contributed by atoms with E-state index < -0.39 is 19.5 Å². The Balaban J connectivity index is 1.44. The van der Waals surface area contributed by atoms with E-state index in [0.717, 1.165) is 0 Å². The van der Waals surface area contributed by atoms with Crippen LogP contribution in [0.4, 0.5) is 14.9 Å². The van der Waals surface area contributed by atoms with E-state index in [1.165, 1.54) is 11.0 Å². The molecule has 0 bridgehead atoms. The monoisotopic (exact) mass is 450 g/mol. The number of likely N-dealkylation sites (tertiary alicyclic amines) is 1. The average Bonchev–Trinajstić information content (AvgIpc) is 2.73. The molecule has 2 aromatic rings. The van der Waals surface area contributed by atoms with E-state index in [0.29, 0.717) is 42.7 Å². The van der Waals surface area contributed by atoms with Crippen molar-refractivity contribution in [1.82, 2.24) is 4.90 Å². The maximum absolute atomic E-state index is 13.6. The SMILES string of the molecule is O=C(Nc1ccc(CP(=O)(O)O)cc1)C1CCN(C(=O)OCc2ccccc2F)CC1. The minimum absolute atomic E-state index is 0.149. The molecule has 2 amide bonds. The molecular weight excluding hydrogens is 426 g/mol. The van der Waals surface area contributed by atoms with Crippen molar-refractivity contribution in [1.29, 1.82) is 0 Å². The molecule has 0 unspecified atom stereocenters. The highest BCUT2D eigenvalue weighted by Crippen LogP contribution is 2.39. The number of carbonyl (C=O) groups is 2. The highest BCUT2D eigenvalue weighted by Gasteiger charge is 2.28. The molecule has 166 valence electrons. The maximum Gasteiger partial charge on any atom is 0.410 e. The van der Waals surface area contributed by atoms with Gasteiger partial charge in [0.15, 0.2) is 0 Å². The molecule has 10 heteroatoms. The molecule has 8 nitrogen and oxygen atoms in total. The molecule has 1 aliphatic heterocycles. The molecule has 1 fully saturated rings. The van der Waals surface area contributed by atoms with Crippen LogP contribution < -0.4 is 5.32 Å². The molecule has 0 aromatic heterocycles. The van der Waals surface area contributed by atoms with Gasteiger partial charge in [0.25, 0.3) is 0 Å². The number of nitrogens with zero attached hydrogens (tertiary/aromatic N) is 1. The van der Waals surface area contributed by atoms with E-state index in [9.17, 15) is 18.5 Å². The number of hydrogen-bond acceptors (Lipinski definition) is 4. The molecule has 0 atom stereocenters. The minimum Gasteiger partial charge on any atom is -0.444 e. The van der Waals surface area contributed by atoms with Gasteiger partial charge >= 0.3 is 13.7 Å². The Morgan fingerprint density at radius 2 is 1.74 bits per heavy atom.